The molecule has 0 atom stereocenters. The Morgan fingerprint density at radius 3 is 2.60 bits per heavy atom. The maximum absolute atomic E-state index is 9.70. The van der Waals surface area contributed by atoms with Gasteiger partial charge in [0.1, 0.15) is 0 Å². The van der Waals surface area contributed by atoms with Crippen LogP contribution < -0.4 is 10.2 Å². The highest BCUT2D eigenvalue weighted by molar-refractivity contribution is 5.75. The summed E-state index contributed by atoms with van der Waals surface area (Å²) >= 11 is 0. The Labute approximate surface area is 175 Å². The molecule has 0 saturated carbocycles. The van der Waals surface area contributed by atoms with Crippen LogP contribution in [0.2, 0.25) is 0 Å². The Balaban J connectivity index is 1.68. The van der Waals surface area contributed by atoms with Gasteiger partial charge in [-0.15, -0.1) is 0 Å². The van der Waals surface area contributed by atoms with Crippen LogP contribution in [0.4, 0.5) is 17.2 Å². The summed E-state index contributed by atoms with van der Waals surface area (Å²) in [6.45, 7) is 3.57. The lowest BCUT2D eigenvalue weighted by Crippen LogP contribution is -2.25. The summed E-state index contributed by atoms with van der Waals surface area (Å²) in [6.07, 6.45) is 5.53. The second-order valence-electron chi connectivity index (χ2n) is 6.92. The zero-order valence-electron chi connectivity index (χ0n) is 16.9. The molecule has 4 rings (SSSR count). The number of benzene rings is 2. The fourth-order valence-electron chi connectivity index (χ4n) is 3.54. The van der Waals surface area contributed by atoms with Crippen molar-refractivity contribution in [2.75, 3.05) is 29.9 Å². The number of aliphatic hydroxyl groups is 2. The van der Waals surface area contributed by atoms with Crippen molar-refractivity contribution in [2.24, 2.45) is 0 Å². The molecule has 2 aromatic heterocycles. The first-order valence-electron chi connectivity index (χ1n) is 9.99. The van der Waals surface area contributed by atoms with Gasteiger partial charge in [0.15, 0.2) is 11.5 Å². The maximum Gasteiger partial charge on any atom is 0.180 e. The number of aromatic nitrogens is 3. The molecule has 0 radical (unpaired) electrons. The van der Waals surface area contributed by atoms with Crippen molar-refractivity contribution < 1.29 is 10.2 Å². The zero-order chi connectivity index (χ0) is 20.9. The van der Waals surface area contributed by atoms with Gasteiger partial charge in [-0.05, 0) is 36.8 Å². The van der Waals surface area contributed by atoms with E-state index in [1.54, 1.807) is 6.20 Å². The van der Waals surface area contributed by atoms with Crippen molar-refractivity contribution in [3.8, 4) is 11.3 Å². The summed E-state index contributed by atoms with van der Waals surface area (Å²) in [6, 6.07) is 15.7. The van der Waals surface area contributed by atoms with E-state index in [1.807, 2.05) is 65.3 Å². The van der Waals surface area contributed by atoms with Gasteiger partial charge in [0, 0.05) is 48.6 Å². The van der Waals surface area contributed by atoms with E-state index in [-0.39, 0.29) is 13.2 Å². The number of fused-ring (bicyclic) bond motifs is 1. The van der Waals surface area contributed by atoms with E-state index in [9.17, 15) is 10.2 Å². The van der Waals surface area contributed by atoms with Crippen LogP contribution in [0.3, 0.4) is 0 Å². The molecule has 0 bridgehead atoms. The summed E-state index contributed by atoms with van der Waals surface area (Å²) in [7, 11) is 0. The molecular weight excluding hydrogens is 378 g/mol. The molecule has 0 amide bonds. The highest BCUT2D eigenvalue weighted by atomic mass is 16.3. The fraction of sp³-hybridized carbons (Fsp3) is 0.217. The summed E-state index contributed by atoms with van der Waals surface area (Å²) in [5.74, 6) is 0.640. The van der Waals surface area contributed by atoms with Gasteiger partial charge in [-0.2, -0.15) is 0 Å². The molecule has 0 spiro atoms. The van der Waals surface area contributed by atoms with Crippen molar-refractivity contribution in [3.05, 3.63) is 72.7 Å². The Kier molecular flexibility index (Phi) is 5.92. The van der Waals surface area contributed by atoms with E-state index in [4.69, 9.17) is 4.98 Å². The Morgan fingerprint density at radius 1 is 1.07 bits per heavy atom. The average Bonchev–Trinajstić information content (AvgIpc) is 3.27. The number of anilines is 3. The van der Waals surface area contributed by atoms with E-state index in [0.29, 0.717) is 12.4 Å². The van der Waals surface area contributed by atoms with Crippen molar-refractivity contribution in [1.29, 1.82) is 0 Å². The predicted molar refractivity (Wildman–Crippen MR) is 119 cm³/mol. The third-order valence-electron chi connectivity index (χ3n) is 5.08. The number of aliphatic hydroxyl groups excluding tert-OH is 2. The summed E-state index contributed by atoms with van der Waals surface area (Å²) in [4.78, 5) is 11.3. The van der Waals surface area contributed by atoms with Crippen LogP contribution in [0.1, 0.15) is 12.5 Å². The lowest BCUT2D eigenvalue weighted by molar-refractivity contribution is 0.282. The minimum atomic E-state index is -0.0498. The molecule has 7 nitrogen and oxygen atoms in total. The van der Waals surface area contributed by atoms with E-state index >= 15 is 0 Å². The standard InChI is InChI=1S/C23H25N5O2/c1-2-27(13-14-29)19-9-7-18(8-10-19)25-22-23-24-11-12-28(23)15-21(26-22)20-6-4-3-5-17(20)16-30/h3-12,15,29-30H,2,13-14,16H2,1H3,(H,25,26). The van der Waals surface area contributed by atoms with Gasteiger partial charge in [-0.1, -0.05) is 24.3 Å². The lowest BCUT2D eigenvalue weighted by Gasteiger charge is -2.22. The van der Waals surface area contributed by atoms with Gasteiger partial charge in [0.2, 0.25) is 0 Å². The first-order chi connectivity index (χ1) is 14.7. The largest absolute Gasteiger partial charge is 0.395 e. The molecule has 0 saturated heterocycles. The van der Waals surface area contributed by atoms with Crippen LogP contribution >= 0.6 is 0 Å². The molecule has 0 unspecified atom stereocenters. The SMILES string of the molecule is CCN(CCO)c1ccc(Nc2nc(-c3ccccc3CO)cn3ccnc23)cc1. The van der Waals surface area contributed by atoms with E-state index < -0.39 is 0 Å². The minimum Gasteiger partial charge on any atom is -0.395 e. The molecule has 2 aromatic carbocycles. The summed E-state index contributed by atoms with van der Waals surface area (Å²) in [5, 5.41) is 22.3. The highest BCUT2D eigenvalue weighted by Crippen LogP contribution is 2.27. The Morgan fingerprint density at radius 2 is 1.87 bits per heavy atom. The van der Waals surface area contributed by atoms with Crippen LogP contribution in [-0.4, -0.2) is 44.3 Å². The third kappa shape index (κ3) is 3.98. The summed E-state index contributed by atoms with van der Waals surface area (Å²) < 4.78 is 1.92. The van der Waals surface area contributed by atoms with Gasteiger partial charge in [-0.25, -0.2) is 9.97 Å². The van der Waals surface area contributed by atoms with Gasteiger partial charge >= 0.3 is 0 Å². The zero-order valence-corrected chi connectivity index (χ0v) is 16.9. The molecule has 154 valence electrons. The third-order valence-corrected chi connectivity index (χ3v) is 5.08. The number of nitrogens with one attached hydrogen (secondary N) is 1. The fourth-order valence-corrected chi connectivity index (χ4v) is 3.54. The normalized spacial score (nSPS) is 11.0. The van der Waals surface area contributed by atoms with Gasteiger partial charge in [-0.3, -0.25) is 0 Å². The van der Waals surface area contributed by atoms with Gasteiger partial charge in [0.05, 0.1) is 18.9 Å². The monoisotopic (exact) mass is 403 g/mol. The van der Waals surface area contributed by atoms with E-state index in [2.05, 4.69) is 22.1 Å². The first kappa shape index (κ1) is 19.9. The van der Waals surface area contributed by atoms with Crippen molar-refractivity contribution in [2.45, 2.75) is 13.5 Å². The second-order valence-corrected chi connectivity index (χ2v) is 6.92. The lowest BCUT2D eigenvalue weighted by atomic mass is 10.1. The van der Waals surface area contributed by atoms with Gasteiger partial charge < -0.3 is 24.8 Å². The molecule has 0 aliphatic carbocycles. The highest BCUT2D eigenvalue weighted by Gasteiger charge is 2.12. The quantitative estimate of drug-likeness (QED) is 0.418. The first-order valence-corrected chi connectivity index (χ1v) is 9.99. The number of likely N-dealkylation sites (N-methyl/N-ethyl adjacent to an activating group) is 1. The molecule has 30 heavy (non-hydrogen) atoms. The molecule has 0 aliphatic heterocycles. The van der Waals surface area contributed by atoms with Crippen molar-refractivity contribution in [1.82, 2.24) is 14.4 Å². The average molecular weight is 403 g/mol. The molecule has 3 N–H and O–H groups in total. The van der Waals surface area contributed by atoms with Crippen LogP contribution in [0.25, 0.3) is 16.9 Å². The molecule has 2 heterocycles. The number of hydrogen-bond acceptors (Lipinski definition) is 6. The molecule has 4 aromatic rings. The number of hydrogen-bond donors (Lipinski definition) is 3. The van der Waals surface area contributed by atoms with Crippen LogP contribution in [0, 0.1) is 0 Å². The molecule has 7 heteroatoms. The van der Waals surface area contributed by atoms with Crippen LogP contribution in [0.15, 0.2) is 67.1 Å². The molecule has 0 aliphatic rings. The van der Waals surface area contributed by atoms with Crippen molar-refractivity contribution >= 4 is 22.8 Å². The van der Waals surface area contributed by atoms with E-state index in [1.165, 1.54) is 0 Å². The maximum atomic E-state index is 9.70. The van der Waals surface area contributed by atoms with Crippen LogP contribution in [0.5, 0.6) is 0 Å². The number of rotatable bonds is 8. The topological polar surface area (TPSA) is 85.9 Å². The minimum absolute atomic E-state index is 0.0498. The Hall–Kier alpha value is -3.42. The second kappa shape index (κ2) is 8.94. The smallest absolute Gasteiger partial charge is 0.180 e. The number of nitrogens with zero attached hydrogens (tertiary/aromatic N) is 4. The van der Waals surface area contributed by atoms with Gasteiger partial charge in [0.25, 0.3) is 0 Å². The van der Waals surface area contributed by atoms with E-state index in [0.717, 1.165) is 40.4 Å². The predicted octanol–water partition coefficient (Wildman–Crippen LogP) is 3.45. The Bertz CT molecular complexity index is 1120. The summed E-state index contributed by atoms with van der Waals surface area (Å²) in [5.41, 5.74) is 5.13. The molecule has 0 fully saturated rings. The number of imidazole rings is 1. The van der Waals surface area contributed by atoms with Crippen molar-refractivity contribution in [3.63, 3.8) is 0 Å². The molecular formula is C23H25N5O2. The van der Waals surface area contributed by atoms with Crippen LogP contribution in [-0.2, 0) is 6.61 Å².